The number of anilines is 1. The SMILES string of the molecule is CC.CCC.CO[C@@H]1CCOCC1O.O=C(CNC(=O)C(Cc1cnc[nH]1)NC(=S)NCNc1ccc(O)cc1)OC1C(=O)OCc2c1cc1n(c2=O)Cc2cc3ccccc3nc2-1. The van der Waals surface area contributed by atoms with Crippen molar-refractivity contribution in [2.24, 2.45) is 0 Å². The van der Waals surface area contributed by atoms with E-state index in [9.17, 15) is 24.3 Å². The minimum atomic E-state index is -1.51. The van der Waals surface area contributed by atoms with E-state index in [1.165, 1.54) is 24.9 Å². The van der Waals surface area contributed by atoms with Crippen molar-refractivity contribution >= 4 is 51.8 Å². The van der Waals surface area contributed by atoms with Gasteiger partial charge < -0.3 is 60.0 Å². The Morgan fingerprint density at radius 3 is 2.52 bits per heavy atom. The van der Waals surface area contributed by atoms with Gasteiger partial charge in [0.15, 0.2) is 5.11 Å². The molecule has 2 aromatic carbocycles. The van der Waals surface area contributed by atoms with Gasteiger partial charge in [0.1, 0.15) is 31.0 Å². The number of aromatic hydroxyl groups is 1. The van der Waals surface area contributed by atoms with E-state index >= 15 is 0 Å². The summed E-state index contributed by atoms with van der Waals surface area (Å²) in [5.74, 6) is -2.19. The Kier molecular flexibility index (Phi) is 18.1. The number of thiocarbonyl (C=S) groups is 1. The van der Waals surface area contributed by atoms with Crippen molar-refractivity contribution in [2.45, 2.75) is 84.5 Å². The van der Waals surface area contributed by atoms with Crippen LogP contribution in [0.1, 0.15) is 69.0 Å². The molecule has 3 aliphatic rings. The fraction of sp³-hybridized carbons (Fsp3) is 0.400. The molecule has 3 unspecified atom stereocenters. The number of methoxy groups -OCH3 is 1. The Morgan fingerprint density at radius 2 is 1.83 bits per heavy atom. The number of aliphatic hydroxyl groups is 1. The van der Waals surface area contributed by atoms with Crippen molar-refractivity contribution in [1.82, 2.24) is 35.5 Å². The van der Waals surface area contributed by atoms with Gasteiger partial charge in [0.2, 0.25) is 12.0 Å². The van der Waals surface area contributed by atoms with Crippen LogP contribution in [0.4, 0.5) is 5.69 Å². The highest BCUT2D eigenvalue weighted by atomic mass is 32.1. The maximum absolute atomic E-state index is 13.6. The van der Waals surface area contributed by atoms with Crippen LogP contribution < -0.4 is 26.8 Å². The Bertz CT molecular complexity index is 2410. The number of carbonyl (C=O) groups is 3. The Labute approximate surface area is 376 Å². The number of H-pyrrole nitrogens is 1. The number of amides is 1. The molecule has 6 heterocycles. The zero-order valence-electron chi connectivity index (χ0n) is 36.5. The van der Waals surface area contributed by atoms with Crippen LogP contribution >= 0.6 is 12.2 Å². The summed E-state index contributed by atoms with van der Waals surface area (Å²) >= 11 is 5.39. The fourth-order valence-corrected chi connectivity index (χ4v) is 7.06. The lowest BCUT2D eigenvalue weighted by atomic mass is 10.00. The first kappa shape index (κ1) is 48.6. The number of nitrogens with one attached hydrogen (secondary N) is 5. The molecule has 0 spiro atoms. The van der Waals surface area contributed by atoms with Crippen LogP contribution in [0.15, 0.2) is 78.0 Å². The second-order valence-electron chi connectivity index (χ2n) is 14.5. The number of ether oxygens (including phenoxy) is 4. The van der Waals surface area contributed by atoms with Crippen molar-refractivity contribution in [3.8, 4) is 17.1 Å². The highest BCUT2D eigenvalue weighted by Gasteiger charge is 2.37. The van der Waals surface area contributed by atoms with Gasteiger partial charge in [0, 0.05) is 54.2 Å². The summed E-state index contributed by atoms with van der Waals surface area (Å²) < 4.78 is 22.3. The van der Waals surface area contributed by atoms with Gasteiger partial charge in [0.05, 0.1) is 54.7 Å². The number of benzene rings is 2. The normalized spacial score (nSPS) is 17.1. The van der Waals surface area contributed by atoms with Crippen LogP contribution in [-0.2, 0) is 52.9 Å². The molecule has 5 aromatic rings. The van der Waals surface area contributed by atoms with E-state index in [0.717, 1.165) is 28.6 Å². The largest absolute Gasteiger partial charge is 0.508 e. The van der Waals surface area contributed by atoms with E-state index in [4.69, 9.17) is 41.3 Å². The van der Waals surface area contributed by atoms with Crippen LogP contribution in [0.25, 0.3) is 22.3 Å². The summed E-state index contributed by atoms with van der Waals surface area (Å²) in [6, 6.07) is 16.8. The Balaban J connectivity index is 0.000000477. The summed E-state index contributed by atoms with van der Waals surface area (Å²) in [6.07, 6.45) is 3.28. The summed E-state index contributed by atoms with van der Waals surface area (Å²) in [5, 5.41) is 31.2. The molecule has 19 heteroatoms. The summed E-state index contributed by atoms with van der Waals surface area (Å²) in [6.45, 7) is 9.05. The van der Waals surface area contributed by atoms with E-state index in [2.05, 4.69) is 45.1 Å². The molecule has 0 bridgehead atoms. The number of aliphatic hydroxyl groups excluding tert-OH is 1. The third kappa shape index (κ3) is 12.6. The smallest absolute Gasteiger partial charge is 0.352 e. The number of hydrogen-bond acceptors (Lipinski definition) is 14. The average molecular weight is 901 g/mol. The lowest BCUT2D eigenvalue weighted by Gasteiger charge is -2.25. The average Bonchev–Trinajstić information content (AvgIpc) is 3.95. The number of phenolic OH excluding ortho intramolecular Hbond substituents is 1. The monoisotopic (exact) mass is 900 g/mol. The molecule has 342 valence electrons. The topological polar surface area (TPSA) is 240 Å². The number of aromatic amines is 1. The van der Waals surface area contributed by atoms with Crippen LogP contribution in [0.5, 0.6) is 5.75 Å². The number of esters is 2. The van der Waals surface area contributed by atoms with Gasteiger partial charge in [0.25, 0.3) is 5.56 Å². The van der Waals surface area contributed by atoms with Crippen LogP contribution in [0.3, 0.4) is 0 Å². The van der Waals surface area contributed by atoms with Crippen LogP contribution in [-0.4, -0.2) is 104 Å². The number of pyridine rings is 2. The molecule has 0 radical (unpaired) electrons. The van der Waals surface area contributed by atoms with E-state index in [1.807, 2.05) is 44.2 Å². The van der Waals surface area contributed by atoms with E-state index < -0.39 is 42.6 Å². The van der Waals surface area contributed by atoms with Gasteiger partial charge in [-0.2, -0.15) is 0 Å². The number of nitrogens with zero attached hydrogens (tertiary/aromatic N) is 3. The number of rotatable bonds is 11. The highest BCUT2D eigenvalue weighted by Crippen LogP contribution is 2.36. The van der Waals surface area contributed by atoms with Crippen molar-refractivity contribution in [2.75, 3.05) is 38.9 Å². The molecule has 1 amide bonds. The number of aromatic nitrogens is 4. The van der Waals surface area contributed by atoms with E-state index in [1.54, 1.807) is 36.1 Å². The predicted molar refractivity (Wildman–Crippen MR) is 243 cm³/mol. The minimum Gasteiger partial charge on any atom is -0.508 e. The number of carbonyl (C=O) groups excluding carboxylic acids is 3. The van der Waals surface area contributed by atoms with E-state index in [0.29, 0.717) is 36.8 Å². The molecule has 18 nitrogen and oxygen atoms in total. The maximum atomic E-state index is 13.6. The van der Waals surface area contributed by atoms with Gasteiger partial charge in [-0.15, -0.1) is 0 Å². The van der Waals surface area contributed by atoms with E-state index in [-0.39, 0.29) is 53.3 Å². The molecular weight excluding hydrogens is 845 g/mol. The van der Waals surface area contributed by atoms with Crippen LogP contribution in [0.2, 0.25) is 0 Å². The zero-order valence-corrected chi connectivity index (χ0v) is 37.3. The van der Waals surface area contributed by atoms with Crippen molar-refractivity contribution in [3.63, 3.8) is 0 Å². The van der Waals surface area contributed by atoms with Gasteiger partial charge in [-0.05, 0) is 61.1 Å². The zero-order chi connectivity index (χ0) is 46.2. The van der Waals surface area contributed by atoms with Crippen molar-refractivity contribution in [3.05, 3.63) is 106 Å². The first-order valence-corrected chi connectivity index (χ1v) is 21.5. The van der Waals surface area contributed by atoms with Gasteiger partial charge >= 0.3 is 11.9 Å². The number of para-hydroxylation sites is 1. The Morgan fingerprint density at radius 1 is 1.08 bits per heavy atom. The van der Waals surface area contributed by atoms with Crippen molar-refractivity contribution in [1.29, 1.82) is 0 Å². The van der Waals surface area contributed by atoms with Gasteiger partial charge in [-0.1, -0.05) is 52.3 Å². The lowest BCUT2D eigenvalue weighted by Crippen LogP contribution is -2.52. The first-order valence-electron chi connectivity index (χ1n) is 21.1. The Hall–Kier alpha value is -6.41. The molecule has 0 saturated carbocycles. The molecule has 1 fully saturated rings. The van der Waals surface area contributed by atoms with Gasteiger partial charge in [-0.25, -0.2) is 14.8 Å². The first-order chi connectivity index (χ1) is 31.0. The number of hydrogen-bond donors (Lipinski definition) is 7. The molecule has 3 aromatic heterocycles. The summed E-state index contributed by atoms with van der Waals surface area (Å²) in [4.78, 5) is 64.5. The molecule has 0 aliphatic carbocycles. The third-order valence-corrected chi connectivity index (χ3v) is 10.2. The quantitative estimate of drug-likeness (QED) is 0.0421. The molecule has 8 rings (SSSR count). The van der Waals surface area contributed by atoms with Gasteiger partial charge in [-0.3, -0.25) is 14.4 Å². The molecule has 64 heavy (non-hydrogen) atoms. The van der Waals surface area contributed by atoms with Crippen molar-refractivity contribution < 1.29 is 43.5 Å². The molecule has 4 atom stereocenters. The second-order valence-corrected chi connectivity index (χ2v) is 14.9. The highest BCUT2D eigenvalue weighted by molar-refractivity contribution is 7.80. The number of imidazole rings is 1. The minimum absolute atomic E-state index is 0.0150. The lowest BCUT2D eigenvalue weighted by molar-refractivity contribution is -0.171. The molecule has 3 aliphatic heterocycles. The summed E-state index contributed by atoms with van der Waals surface area (Å²) in [5.41, 5.74) is 4.16. The fourth-order valence-electron chi connectivity index (χ4n) is 6.84. The number of cyclic esters (lactones) is 1. The maximum Gasteiger partial charge on any atom is 0.352 e. The number of fused-ring (bicyclic) bond motifs is 5. The summed E-state index contributed by atoms with van der Waals surface area (Å²) in [7, 11) is 1.61. The third-order valence-electron chi connectivity index (χ3n) is 9.90. The molecule has 7 N–H and O–H groups in total. The number of phenols is 1. The second kappa shape index (κ2) is 23.9. The molecular formula is C45H56N8O10S. The molecule has 1 saturated heterocycles. The predicted octanol–water partition coefficient (Wildman–Crippen LogP) is 3.98. The van der Waals surface area contributed by atoms with Crippen LogP contribution in [0, 0.1) is 0 Å². The standard InChI is InChI=1S/C34H30N8O7S.C6H12O3.C3H8.C2H6/c43-22-7-5-20(6-8-22)38-17-39-34(50)41-26(10-21-12-35-16-37-21)31(45)36-13-28(44)49-30-23-11-27-29-19(9-18-3-1-2-4-25(18)40-29)14-42(27)32(46)24(23)15-48-33(30)47;1-8-6-2-3-9-4-5(6)7;1-3-2;1-2/h1-9,11-12,16,26,30,38,43H,10,13-15,17H2,(H,35,37)(H,36,45)(H2,39,41,50);5-7H,2-4H2,1H3;3H2,1-2H3;1-2H3/t;5?,6-;;/m.1../s1.